The lowest BCUT2D eigenvalue weighted by atomic mass is 9.92. The van der Waals surface area contributed by atoms with Gasteiger partial charge in [-0.1, -0.05) is 12.6 Å². The molecule has 1 aromatic carbocycles. The molecule has 1 heterocycles. The van der Waals surface area contributed by atoms with Gasteiger partial charge in [-0.05, 0) is 68.5 Å². The van der Waals surface area contributed by atoms with Crippen molar-refractivity contribution in [2.45, 2.75) is 38.7 Å². The molecule has 0 unspecified atom stereocenters. The number of ether oxygens (including phenoxy) is 1. The maximum atomic E-state index is 5.96. The van der Waals surface area contributed by atoms with E-state index in [4.69, 9.17) is 10.5 Å². The Morgan fingerprint density at radius 2 is 2.24 bits per heavy atom. The number of rotatable bonds is 3. The third-order valence-corrected chi connectivity index (χ3v) is 3.30. The summed E-state index contributed by atoms with van der Waals surface area (Å²) in [6.45, 7) is 9.00. The van der Waals surface area contributed by atoms with Crippen LogP contribution in [0.5, 0.6) is 5.75 Å². The van der Waals surface area contributed by atoms with Crippen molar-refractivity contribution in [3.05, 3.63) is 35.9 Å². The van der Waals surface area contributed by atoms with E-state index in [1.165, 1.54) is 11.1 Å². The van der Waals surface area contributed by atoms with Crippen molar-refractivity contribution in [2.24, 2.45) is 5.73 Å². The van der Waals surface area contributed by atoms with E-state index < -0.39 is 0 Å². The van der Waals surface area contributed by atoms with Crippen LogP contribution in [0.15, 0.2) is 24.8 Å². The molecule has 2 rings (SSSR count). The highest BCUT2D eigenvalue weighted by atomic mass is 16.5. The van der Waals surface area contributed by atoms with E-state index in [1.54, 1.807) is 0 Å². The molecular formula is C15H21NO. The second-order valence-corrected chi connectivity index (χ2v) is 5.33. The van der Waals surface area contributed by atoms with Crippen molar-refractivity contribution in [3.63, 3.8) is 0 Å². The first-order chi connectivity index (χ1) is 8.02. The molecule has 0 saturated carbocycles. The van der Waals surface area contributed by atoms with Gasteiger partial charge in [-0.3, -0.25) is 0 Å². The van der Waals surface area contributed by atoms with Crippen LogP contribution >= 0.6 is 0 Å². The first kappa shape index (κ1) is 12.2. The SMILES string of the molecule is C=C(CCN)c1ccc2c(c1)CCC(C)(C)O2. The zero-order valence-corrected chi connectivity index (χ0v) is 10.8. The van der Waals surface area contributed by atoms with Gasteiger partial charge in [0.15, 0.2) is 0 Å². The largest absolute Gasteiger partial charge is 0.488 e. The second-order valence-electron chi connectivity index (χ2n) is 5.33. The average Bonchev–Trinajstić information content (AvgIpc) is 2.27. The molecule has 17 heavy (non-hydrogen) atoms. The lowest BCUT2D eigenvalue weighted by Gasteiger charge is -2.32. The van der Waals surface area contributed by atoms with Gasteiger partial charge >= 0.3 is 0 Å². The maximum absolute atomic E-state index is 5.96. The number of aryl methyl sites for hydroxylation is 1. The van der Waals surface area contributed by atoms with Crippen molar-refractivity contribution >= 4 is 5.57 Å². The molecule has 92 valence electrons. The van der Waals surface area contributed by atoms with Crippen molar-refractivity contribution in [1.82, 2.24) is 0 Å². The van der Waals surface area contributed by atoms with Gasteiger partial charge in [-0.2, -0.15) is 0 Å². The molecule has 2 nitrogen and oxygen atoms in total. The Bertz CT molecular complexity index is 435. The minimum atomic E-state index is -0.0389. The number of hydrogen-bond donors (Lipinski definition) is 1. The summed E-state index contributed by atoms with van der Waals surface area (Å²) in [5, 5.41) is 0. The van der Waals surface area contributed by atoms with Gasteiger partial charge in [0.1, 0.15) is 11.4 Å². The molecule has 1 aliphatic heterocycles. The summed E-state index contributed by atoms with van der Waals surface area (Å²) in [7, 11) is 0. The highest BCUT2D eigenvalue weighted by Gasteiger charge is 2.26. The molecule has 0 spiro atoms. The molecule has 0 aromatic heterocycles. The zero-order chi connectivity index (χ0) is 12.5. The Morgan fingerprint density at radius 3 is 2.94 bits per heavy atom. The number of benzene rings is 1. The number of nitrogens with two attached hydrogens (primary N) is 1. The standard InChI is InChI=1S/C15H21NO/c1-11(7-9-16)12-4-5-14-13(10-12)6-8-15(2,3)17-14/h4-5,10H,1,6-9,16H2,2-3H3. The fourth-order valence-corrected chi connectivity index (χ4v) is 2.20. The van der Waals surface area contributed by atoms with E-state index in [1.807, 2.05) is 0 Å². The van der Waals surface area contributed by atoms with E-state index in [0.29, 0.717) is 6.54 Å². The fourth-order valence-electron chi connectivity index (χ4n) is 2.20. The van der Waals surface area contributed by atoms with Crippen LogP contribution in [0.3, 0.4) is 0 Å². The first-order valence-electron chi connectivity index (χ1n) is 6.22. The van der Waals surface area contributed by atoms with Gasteiger partial charge < -0.3 is 10.5 Å². The van der Waals surface area contributed by atoms with Crippen LogP contribution in [0.25, 0.3) is 5.57 Å². The zero-order valence-electron chi connectivity index (χ0n) is 10.8. The Balaban J connectivity index is 2.24. The van der Waals surface area contributed by atoms with Gasteiger partial charge in [-0.25, -0.2) is 0 Å². The number of fused-ring (bicyclic) bond motifs is 1. The van der Waals surface area contributed by atoms with Crippen LogP contribution in [0.1, 0.15) is 37.8 Å². The summed E-state index contributed by atoms with van der Waals surface area (Å²) in [4.78, 5) is 0. The molecule has 0 aliphatic carbocycles. The molecular weight excluding hydrogens is 210 g/mol. The molecule has 0 saturated heterocycles. The first-order valence-corrected chi connectivity index (χ1v) is 6.22. The number of hydrogen-bond acceptors (Lipinski definition) is 2. The van der Waals surface area contributed by atoms with Crippen molar-refractivity contribution in [1.29, 1.82) is 0 Å². The quantitative estimate of drug-likeness (QED) is 0.867. The molecule has 0 fully saturated rings. The van der Waals surface area contributed by atoms with Crippen molar-refractivity contribution < 1.29 is 4.74 Å². The van der Waals surface area contributed by atoms with Gasteiger partial charge in [0.05, 0.1) is 0 Å². The van der Waals surface area contributed by atoms with E-state index in [9.17, 15) is 0 Å². The lowest BCUT2D eigenvalue weighted by Crippen LogP contribution is -2.32. The van der Waals surface area contributed by atoms with E-state index in [0.717, 1.165) is 30.6 Å². The highest BCUT2D eigenvalue weighted by Crippen LogP contribution is 2.34. The van der Waals surface area contributed by atoms with Crippen molar-refractivity contribution in [3.8, 4) is 5.75 Å². The fraction of sp³-hybridized carbons (Fsp3) is 0.467. The minimum Gasteiger partial charge on any atom is -0.488 e. The van der Waals surface area contributed by atoms with Crippen molar-refractivity contribution in [2.75, 3.05) is 6.54 Å². The Labute approximate surface area is 103 Å². The van der Waals surface area contributed by atoms with Gasteiger partial charge in [0.2, 0.25) is 0 Å². The van der Waals surface area contributed by atoms with E-state index >= 15 is 0 Å². The van der Waals surface area contributed by atoms with Crippen LogP contribution in [-0.4, -0.2) is 12.1 Å². The van der Waals surface area contributed by atoms with Gasteiger partial charge in [-0.15, -0.1) is 0 Å². The molecule has 1 aromatic rings. The normalized spacial score (nSPS) is 17.1. The molecule has 2 heteroatoms. The molecule has 0 amide bonds. The van der Waals surface area contributed by atoms with E-state index in [2.05, 4.69) is 38.6 Å². The van der Waals surface area contributed by atoms with Crippen LogP contribution < -0.4 is 10.5 Å². The summed E-state index contributed by atoms with van der Waals surface area (Å²) in [5.74, 6) is 1.02. The average molecular weight is 231 g/mol. The van der Waals surface area contributed by atoms with Crippen LogP contribution in [0, 0.1) is 0 Å². The Morgan fingerprint density at radius 1 is 1.47 bits per heavy atom. The monoisotopic (exact) mass is 231 g/mol. The summed E-state index contributed by atoms with van der Waals surface area (Å²) in [6, 6.07) is 6.34. The van der Waals surface area contributed by atoms with Gasteiger partial charge in [0, 0.05) is 0 Å². The molecule has 1 aliphatic rings. The second kappa shape index (κ2) is 4.53. The summed E-state index contributed by atoms with van der Waals surface area (Å²) in [5.41, 5.74) is 9.11. The molecule has 0 radical (unpaired) electrons. The topological polar surface area (TPSA) is 35.2 Å². The predicted octanol–water partition coefficient (Wildman–Crippen LogP) is 3.15. The Kier molecular flexibility index (Phi) is 3.25. The molecule has 2 N–H and O–H groups in total. The predicted molar refractivity (Wildman–Crippen MR) is 72.2 cm³/mol. The summed E-state index contributed by atoms with van der Waals surface area (Å²) in [6.07, 6.45) is 2.99. The van der Waals surface area contributed by atoms with Crippen LogP contribution in [0.4, 0.5) is 0 Å². The molecule has 0 bridgehead atoms. The molecule has 0 atom stereocenters. The maximum Gasteiger partial charge on any atom is 0.123 e. The third-order valence-electron chi connectivity index (χ3n) is 3.30. The smallest absolute Gasteiger partial charge is 0.123 e. The Hall–Kier alpha value is -1.28. The van der Waals surface area contributed by atoms with E-state index in [-0.39, 0.29) is 5.60 Å². The summed E-state index contributed by atoms with van der Waals surface area (Å²) < 4.78 is 5.96. The lowest BCUT2D eigenvalue weighted by molar-refractivity contribution is 0.0847. The van der Waals surface area contributed by atoms with Crippen LogP contribution in [-0.2, 0) is 6.42 Å². The highest BCUT2D eigenvalue weighted by molar-refractivity contribution is 5.65. The summed E-state index contributed by atoms with van der Waals surface area (Å²) >= 11 is 0. The van der Waals surface area contributed by atoms with Crippen LogP contribution in [0.2, 0.25) is 0 Å². The minimum absolute atomic E-state index is 0.0389. The van der Waals surface area contributed by atoms with Gasteiger partial charge in [0.25, 0.3) is 0 Å². The third kappa shape index (κ3) is 2.70.